The molecule has 2 aromatic rings. The maximum atomic E-state index is 14.0. The summed E-state index contributed by atoms with van der Waals surface area (Å²) in [5, 5.41) is 2.98. The van der Waals surface area contributed by atoms with E-state index in [1.807, 2.05) is 18.4 Å². The summed E-state index contributed by atoms with van der Waals surface area (Å²) < 4.78 is 14.0. The second-order valence-corrected chi connectivity index (χ2v) is 5.32. The van der Waals surface area contributed by atoms with Crippen LogP contribution >= 0.6 is 11.3 Å². The molecule has 2 rings (SSSR count). The van der Waals surface area contributed by atoms with E-state index in [0.29, 0.717) is 17.5 Å². The molecular formula is C13H16FN3S. The van der Waals surface area contributed by atoms with E-state index in [0.717, 1.165) is 10.7 Å². The van der Waals surface area contributed by atoms with Crippen molar-refractivity contribution in [3.05, 3.63) is 51.2 Å². The van der Waals surface area contributed by atoms with Gasteiger partial charge in [0.2, 0.25) is 0 Å². The zero-order valence-electron chi connectivity index (χ0n) is 10.4. The Kier molecular flexibility index (Phi) is 4.06. The van der Waals surface area contributed by atoms with E-state index < -0.39 is 0 Å². The van der Waals surface area contributed by atoms with Gasteiger partial charge in [-0.25, -0.2) is 9.37 Å². The van der Waals surface area contributed by atoms with Crippen molar-refractivity contribution in [2.45, 2.75) is 26.3 Å². The van der Waals surface area contributed by atoms with E-state index in [9.17, 15) is 4.39 Å². The molecule has 0 radical (unpaired) electrons. The number of nitrogens with zero attached hydrogens (tertiary/aromatic N) is 1. The SMILES string of the molecule is Cc1nc(CC(NN)c2cccc(C)c2F)cs1. The molecule has 1 aromatic carbocycles. The summed E-state index contributed by atoms with van der Waals surface area (Å²) in [4.78, 5) is 4.38. The van der Waals surface area contributed by atoms with E-state index in [2.05, 4.69) is 10.4 Å². The quantitative estimate of drug-likeness (QED) is 0.660. The van der Waals surface area contributed by atoms with Crippen LogP contribution in [0.1, 0.15) is 27.9 Å². The Morgan fingerprint density at radius 2 is 2.22 bits per heavy atom. The van der Waals surface area contributed by atoms with Crippen molar-refractivity contribution >= 4 is 11.3 Å². The molecule has 1 atom stereocenters. The number of aromatic nitrogens is 1. The first-order valence-corrected chi connectivity index (χ1v) is 6.62. The third-order valence-electron chi connectivity index (χ3n) is 2.88. The molecule has 0 aliphatic heterocycles. The topological polar surface area (TPSA) is 50.9 Å². The maximum Gasteiger partial charge on any atom is 0.130 e. The molecule has 3 nitrogen and oxygen atoms in total. The highest BCUT2D eigenvalue weighted by molar-refractivity contribution is 7.09. The number of hydrogen-bond acceptors (Lipinski definition) is 4. The van der Waals surface area contributed by atoms with Gasteiger partial charge in [-0.15, -0.1) is 11.3 Å². The molecule has 0 spiro atoms. The number of halogens is 1. The number of nitrogens with two attached hydrogens (primary N) is 1. The van der Waals surface area contributed by atoms with Crippen molar-refractivity contribution in [3.63, 3.8) is 0 Å². The van der Waals surface area contributed by atoms with Crippen LogP contribution < -0.4 is 11.3 Å². The molecule has 1 heterocycles. The molecule has 18 heavy (non-hydrogen) atoms. The first kappa shape index (κ1) is 13.1. The first-order chi connectivity index (χ1) is 8.61. The third-order valence-corrected chi connectivity index (χ3v) is 3.70. The predicted octanol–water partition coefficient (Wildman–Crippen LogP) is 2.65. The van der Waals surface area contributed by atoms with E-state index >= 15 is 0 Å². The number of aryl methyl sites for hydroxylation is 2. The van der Waals surface area contributed by atoms with E-state index in [-0.39, 0.29) is 11.9 Å². The lowest BCUT2D eigenvalue weighted by molar-refractivity contribution is 0.504. The van der Waals surface area contributed by atoms with Crippen molar-refractivity contribution in [1.29, 1.82) is 0 Å². The van der Waals surface area contributed by atoms with Gasteiger partial charge in [0, 0.05) is 17.4 Å². The Morgan fingerprint density at radius 1 is 1.44 bits per heavy atom. The zero-order valence-corrected chi connectivity index (χ0v) is 11.2. The fourth-order valence-corrected chi connectivity index (χ4v) is 2.53. The normalized spacial score (nSPS) is 12.7. The highest BCUT2D eigenvalue weighted by atomic mass is 32.1. The van der Waals surface area contributed by atoms with Crippen LogP contribution in [0.3, 0.4) is 0 Å². The zero-order chi connectivity index (χ0) is 13.1. The van der Waals surface area contributed by atoms with Crippen LogP contribution in [0.2, 0.25) is 0 Å². The fraction of sp³-hybridized carbons (Fsp3) is 0.308. The third kappa shape index (κ3) is 2.75. The molecule has 5 heteroatoms. The van der Waals surface area contributed by atoms with Crippen LogP contribution in [0.5, 0.6) is 0 Å². The van der Waals surface area contributed by atoms with Crippen molar-refractivity contribution in [2.24, 2.45) is 5.84 Å². The number of hydrazine groups is 1. The van der Waals surface area contributed by atoms with Crippen molar-refractivity contribution < 1.29 is 4.39 Å². The van der Waals surface area contributed by atoms with Gasteiger partial charge < -0.3 is 0 Å². The summed E-state index contributed by atoms with van der Waals surface area (Å²) >= 11 is 1.59. The van der Waals surface area contributed by atoms with Crippen LogP contribution in [-0.2, 0) is 6.42 Å². The van der Waals surface area contributed by atoms with Gasteiger partial charge in [0.1, 0.15) is 5.82 Å². The molecule has 0 amide bonds. The summed E-state index contributed by atoms with van der Waals surface area (Å²) in [5.74, 6) is 5.34. The minimum absolute atomic E-state index is 0.201. The number of benzene rings is 1. The molecule has 0 bridgehead atoms. The lowest BCUT2D eigenvalue weighted by atomic mass is 10.0. The van der Waals surface area contributed by atoms with E-state index in [1.54, 1.807) is 30.4 Å². The van der Waals surface area contributed by atoms with Crippen molar-refractivity contribution in [3.8, 4) is 0 Å². The molecule has 0 aliphatic carbocycles. The largest absolute Gasteiger partial charge is 0.271 e. The fourth-order valence-electron chi connectivity index (χ4n) is 1.91. The Hall–Kier alpha value is -1.30. The second kappa shape index (κ2) is 5.56. The Labute approximate surface area is 110 Å². The van der Waals surface area contributed by atoms with Crippen molar-refractivity contribution in [2.75, 3.05) is 0 Å². The highest BCUT2D eigenvalue weighted by Crippen LogP contribution is 2.23. The molecule has 1 unspecified atom stereocenters. The van der Waals surface area contributed by atoms with E-state index in [1.165, 1.54) is 0 Å². The van der Waals surface area contributed by atoms with Gasteiger partial charge in [-0.3, -0.25) is 11.3 Å². The molecular weight excluding hydrogens is 249 g/mol. The summed E-state index contributed by atoms with van der Waals surface area (Å²) in [6.07, 6.45) is 0.585. The Bertz CT molecular complexity index is 539. The molecule has 0 fully saturated rings. The maximum absolute atomic E-state index is 14.0. The minimum Gasteiger partial charge on any atom is -0.271 e. The van der Waals surface area contributed by atoms with Gasteiger partial charge >= 0.3 is 0 Å². The standard InChI is InChI=1S/C13H16FN3S/c1-8-4-3-5-11(13(8)14)12(17-15)6-10-7-18-9(2)16-10/h3-5,7,12,17H,6,15H2,1-2H3. The van der Waals surface area contributed by atoms with Gasteiger partial charge in [-0.05, 0) is 19.4 Å². The van der Waals surface area contributed by atoms with Gasteiger partial charge in [0.15, 0.2) is 0 Å². The molecule has 0 saturated heterocycles. The summed E-state index contributed by atoms with van der Waals surface area (Å²) in [6.45, 7) is 3.70. The Balaban J connectivity index is 2.25. The van der Waals surface area contributed by atoms with Gasteiger partial charge in [0.05, 0.1) is 16.7 Å². The highest BCUT2D eigenvalue weighted by Gasteiger charge is 2.17. The molecule has 3 N–H and O–H groups in total. The second-order valence-electron chi connectivity index (χ2n) is 4.26. The minimum atomic E-state index is -0.258. The van der Waals surface area contributed by atoms with Crippen molar-refractivity contribution in [1.82, 2.24) is 10.4 Å². The smallest absolute Gasteiger partial charge is 0.130 e. The van der Waals surface area contributed by atoms with E-state index in [4.69, 9.17) is 5.84 Å². The molecule has 1 aromatic heterocycles. The van der Waals surface area contributed by atoms with Crippen LogP contribution in [0.15, 0.2) is 23.6 Å². The van der Waals surface area contributed by atoms with Gasteiger partial charge in [0.25, 0.3) is 0 Å². The average Bonchev–Trinajstić information content (AvgIpc) is 2.76. The molecule has 0 aliphatic rings. The Morgan fingerprint density at radius 3 is 2.83 bits per heavy atom. The summed E-state index contributed by atoms with van der Waals surface area (Å²) in [7, 11) is 0. The number of nitrogens with one attached hydrogen (secondary N) is 1. The molecule has 96 valence electrons. The lowest BCUT2D eigenvalue weighted by Gasteiger charge is -2.16. The number of thiazole rings is 1. The van der Waals surface area contributed by atoms with Gasteiger partial charge in [-0.2, -0.15) is 0 Å². The molecule has 0 saturated carbocycles. The summed E-state index contributed by atoms with van der Waals surface area (Å²) in [5.41, 5.74) is 4.81. The predicted molar refractivity (Wildman–Crippen MR) is 71.8 cm³/mol. The van der Waals surface area contributed by atoms with Gasteiger partial charge in [-0.1, -0.05) is 18.2 Å². The number of hydrogen-bond donors (Lipinski definition) is 2. The monoisotopic (exact) mass is 265 g/mol. The lowest BCUT2D eigenvalue weighted by Crippen LogP contribution is -2.30. The number of rotatable bonds is 4. The van der Waals surface area contributed by atoms with Crippen LogP contribution in [0.4, 0.5) is 4.39 Å². The van der Waals surface area contributed by atoms with Crippen LogP contribution in [0, 0.1) is 19.7 Å². The average molecular weight is 265 g/mol. The first-order valence-electron chi connectivity index (χ1n) is 5.74. The summed E-state index contributed by atoms with van der Waals surface area (Å²) in [6, 6.07) is 5.09. The van der Waals surface area contributed by atoms with Crippen LogP contribution in [-0.4, -0.2) is 4.98 Å². The van der Waals surface area contributed by atoms with Crippen LogP contribution in [0.25, 0.3) is 0 Å².